The largest absolute Gasteiger partial charge is 0.352 e. The summed E-state index contributed by atoms with van der Waals surface area (Å²) in [6.07, 6.45) is 5.88. The number of amides is 1. The molecule has 19 heavy (non-hydrogen) atoms. The number of carbonyl (C=O) groups is 1. The van der Waals surface area contributed by atoms with Crippen LogP contribution in [0.5, 0.6) is 0 Å². The second kappa shape index (κ2) is 6.71. The van der Waals surface area contributed by atoms with Gasteiger partial charge in [0.15, 0.2) is 0 Å². The number of carbonyl (C=O) groups excluding carboxylic acids is 1. The minimum atomic E-state index is -0.551. The molecular formula is C16H24N2O. The Labute approximate surface area is 115 Å². The Morgan fingerprint density at radius 1 is 1.26 bits per heavy atom. The van der Waals surface area contributed by atoms with Crippen LogP contribution < -0.4 is 11.1 Å². The highest BCUT2D eigenvalue weighted by atomic mass is 16.2. The van der Waals surface area contributed by atoms with Gasteiger partial charge in [0, 0.05) is 6.04 Å². The Morgan fingerprint density at radius 3 is 2.47 bits per heavy atom. The number of nitrogens with one attached hydrogen (secondary N) is 1. The van der Waals surface area contributed by atoms with Gasteiger partial charge in [0.25, 0.3) is 0 Å². The molecule has 1 saturated carbocycles. The lowest BCUT2D eigenvalue weighted by Crippen LogP contribution is -2.42. The number of benzene rings is 1. The number of hydrogen-bond acceptors (Lipinski definition) is 2. The van der Waals surface area contributed by atoms with Crippen LogP contribution in [0.25, 0.3) is 0 Å². The van der Waals surface area contributed by atoms with Crippen LogP contribution >= 0.6 is 0 Å². The molecule has 0 radical (unpaired) electrons. The molecule has 0 spiro atoms. The van der Waals surface area contributed by atoms with Crippen molar-refractivity contribution in [2.45, 2.75) is 51.1 Å². The average molecular weight is 260 g/mol. The first-order valence-electron chi connectivity index (χ1n) is 7.31. The van der Waals surface area contributed by atoms with E-state index in [4.69, 9.17) is 5.73 Å². The highest BCUT2D eigenvalue weighted by Crippen LogP contribution is 2.26. The lowest BCUT2D eigenvalue weighted by molar-refractivity contribution is -0.123. The van der Waals surface area contributed by atoms with E-state index in [1.165, 1.54) is 19.3 Å². The predicted octanol–water partition coefficient (Wildman–Crippen LogP) is 2.77. The highest BCUT2D eigenvalue weighted by Gasteiger charge is 2.23. The van der Waals surface area contributed by atoms with Crippen LogP contribution in [0.3, 0.4) is 0 Å². The summed E-state index contributed by atoms with van der Waals surface area (Å²) in [7, 11) is 0. The van der Waals surface area contributed by atoms with Gasteiger partial charge in [-0.2, -0.15) is 0 Å². The van der Waals surface area contributed by atoms with Crippen LogP contribution in [0.1, 0.15) is 50.6 Å². The van der Waals surface area contributed by atoms with E-state index in [0.29, 0.717) is 6.04 Å². The van der Waals surface area contributed by atoms with Crippen molar-refractivity contribution in [1.29, 1.82) is 0 Å². The molecule has 1 aromatic carbocycles. The SMILES string of the molecule is CCC1CCC(NC(=O)C(N)c2ccccc2)CC1. The van der Waals surface area contributed by atoms with E-state index in [0.717, 1.165) is 24.3 Å². The van der Waals surface area contributed by atoms with Gasteiger partial charge in [0.1, 0.15) is 6.04 Å². The summed E-state index contributed by atoms with van der Waals surface area (Å²) >= 11 is 0. The fraction of sp³-hybridized carbons (Fsp3) is 0.562. The van der Waals surface area contributed by atoms with Crippen molar-refractivity contribution in [3.05, 3.63) is 35.9 Å². The zero-order valence-corrected chi connectivity index (χ0v) is 11.6. The minimum Gasteiger partial charge on any atom is -0.352 e. The Balaban J connectivity index is 1.85. The third-order valence-corrected chi connectivity index (χ3v) is 4.21. The fourth-order valence-electron chi connectivity index (χ4n) is 2.82. The van der Waals surface area contributed by atoms with Crippen LogP contribution in [0.2, 0.25) is 0 Å². The quantitative estimate of drug-likeness (QED) is 0.874. The second-order valence-electron chi connectivity index (χ2n) is 5.52. The summed E-state index contributed by atoms with van der Waals surface area (Å²) < 4.78 is 0. The lowest BCUT2D eigenvalue weighted by atomic mass is 9.84. The molecule has 0 aromatic heterocycles. The maximum Gasteiger partial charge on any atom is 0.241 e. The van der Waals surface area contributed by atoms with Gasteiger partial charge in [-0.3, -0.25) is 4.79 Å². The molecule has 1 fully saturated rings. The fourth-order valence-corrected chi connectivity index (χ4v) is 2.82. The molecule has 2 rings (SSSR count). The van der Waals surface area contributed by atoms with E-state index in [9.17, 15) is 4.79 Å². The van der Waals surface area contributed by atoms with Gasteiger partial charge in [-0.15, -0.1) is 0 Å². The average Bonchev–Trinajstić information content (AvgIpc) is 2.48. The lowest BCUT2D eigenvalue weighted by Gasteiger charge is -2.29. The molecule has 0 bridgehead atoms. The first kappa shape index (κ1) is 14.1. The van der Waals surface area contributed by atoms with Crippen molar-refractivity contribution in [3.8, 4) is 0 Å². The van der Waals surface area contributed by atoms with Gasteiger partial charge >= 0.3 is 0 Å². The third-order valence-electron chi connectivity index (χ3n) is 4.21. The summed E-state index contributed by atoms with van der Waals surface area (Å²) in [5.41, 5.74) is 6.87. The molecular weight excluding hydrogens is 236 g/mol. The summed E-state index contributed by atoms with van der Waals surface area (Å²) in [5.74, 6) is 0.794. The molecule has 0 heterocycles. The molecule has 1 amide bonds. The van der Waals surface area contributed by atoms with Crippen molar-refractivity contribution < 1.29 is 4.79 Å². The molecule has 104 valence electrons. The first-order chi connectivity index (χ1) is 9.20. The Morgan fingerprint density at radius 2 is 1.89 bits per heavy atom. The molecule has 0 saturated heterocycles. The van der Waals surface area contributed by atoms with Gasteiger partial charge in [-0.1, -0.05) is 43.7 Å². The summed E-state index contributed by atoms with van der Waals surface area (Å²) in [4.78, 5) is 12.1. The van der Waals surface area contributed by atoms with Crippen molar-refractivity contribution in [3.63, 3.8) is 0 Å². The van der Waals surface area contributed by atoms with Gasteiger partial charge in [-0.25, -0.2) is 0 Å². The molecule has 1 unspecified atom stereocenters. The van der Waals surface area contributed by atoms with Gasteiger partial charge < -0.3 is 11.1 Å². The first-order valence-corrected chi connectivity index (χ1v) is 7.31. The van der Waals surface area contributed by atoms with E-state index in [1.54, 1.807) is 0 Å². The maximum atomic E-state index is 12.1. The van der Waals surface area contributed by atoms with Crippen LogP contribution in [0, 0.1) is 5.92 Å². The predicted molar refractivity (Wildman–Crippen MR) is 77.6 cm³/mol. The molecule has 0 aliphatic heterocycles. The van der Waals surface area contributed by atoms with E-state index in [-0.39, 0.29) is 5.91 Å². The van der Waals surface area contributed by atoms with E-state index < -0.39 is 6.04 Å². The van der Waals surface area contributed by atoms with E-state index >= 15 is 0 Å². The molecule has 1 atom stereocenters. The van der Waals surface area contributed by atoms with Gasteiger partial charge in [0.05, 0.1) is 0 Å². The minimum absolute atomic E-state index is 0.0499. The second-order valence-corrected chi connectivity index (χ2v) is 5.52. The van der Waals surface area contributed by atoms with Crippen LogP contribution in [-0.4, -0.2) is 11.9 Å². The van der Waals surface area contributed by atoms with Crippen molar-refractivity contribution in [1.82, 2.24) is 5.32 Å². The summed E-state index contributed by atoms with van der Waals surface area (Å²) in [6.45, 7) is 2.24. The molecule has 1 aliphatic rings. The topological polar surface area (TPSA) is 55.1 Å². The zero-order valence-electron chi connectivity index (χ0n) is 11.6. The van der Waals surface area contributed by atoms with E-state index in [1.807, 2.05) is 30.3 Å². The van der Waals surface area contributed by atoms with Crippen LogP contribution in [-0.2, 0) is 4.79 Å². The normalized spacial score (nSPS) is 24.7. The number of hydrogen-bond donors (Lipinski definition) is 2. The van der Waals surface area contributed by atoms with Crippen molar-refractivity contribution >= 4 is 5.91 Å². The highest BCUT2D eigenvalue weighted by molar-refractivity contribution is 5.83. The Kier molecular flexibility index (Phi) is 4.97. The molecule has 1 aliphatic carbocycles. The summed E-state index contributed by atoms with van der Waals surface area (Å²) in [6, 6.07) is 9.32. The Hall–Kier alpha value is -1.35. The smallest absolute Gasteiger partial charge is 0.241 e. The number of rotatable bonds is 4. The maximum absolute atomic E-state index is 12.1. The van der Waals surface area contributed by atoms with E-state index in [2.05, 4.69) is 12.2 Å². The molecule has 3 N–H and O–H groups in total. The molecule has 3 heteroatoms. The Bertz CT molecular complexity index is 396. The zero-order chi connectivity index (χ0) is 13.7. The van der Waals surface area contributed by atoms with Crippen molar-refractivity contribution in [2.75, 3.05) is 0 Å². The van der Waals surface area contributed by atoms with Crippen LogP contribution in [0.4, 0.5) is 0 Å². The van der Waals surface area contributed by atoms with Gasteiger partial charge in [-0.05, 0) is 37.2 Å². The van der Waals surface area contributed by atoms with Crippen molar-refractivity contribution in [2.24, 2.45) is 11.7 Å². The third kappa shape index (κ3) is 3.80. The summed E-state index contributed by atoms with van der Waals surface area (Å²) in [5, 5.41) is 3.10. The number of nitrogens with two attached hydrogens (primary N) is 1. The standard InChI is InChI=1S/C16H24N2O/c1-2-12-8-10-14(11-9-12)18-16(19)15(17)13-6-4-3-5-7-13/h3-7,12,14-15H,2,8-11,17H2,1H3,(H,18,19). The monoisotopic (exact) mass is 260 g/mol. The molecule has 3 nitrogen and oxygen atoms in total. The van der Waals surface area contributed by atoms with Gasteiger partial charge in [0.2, 0.25) is 5.91 Å². The molecule has 1 aromatic rings. The van der Waals surface area contributed by atoms with Crippen LogP contribution in [0.15, 0.2) is 30.3 Å².